The van der Waals surface area contributed by atoms with Gasteiger partial charge in [-0.25, -0.2) is 4.98 Å². The molecular formula is C9H11N3OS. The third-order valence-electron chi connectivity index (χ3n) is 2.19. The molecule has 0 aliphatic carbocycles. The molecule has 5 heteroatoms. The van der Waals surface area contributed by atoms with Crippen LogP contribution in [0.3, 0.4) is 0 Å². The third kappa shape index (κ3) is 1.29. The Labute approximate surface area is 85.2 Å². The van der Waals surface area contributed by atoms with Gasteiger partial charge in [0.2, 0.25) is 5.13 Å². The first-order chi connectivity index (χ1) is 6.74. The molecule has 0 atom stereocenters. The molecule has 74 valence electrons. The number of rotatable bonds is 2. The van der Waals surface area contributed by atoms with Gasteiger partial charge in [0.1, 0.15) is 0 Å². The second-order valence-corrected chi connectivity index (χ2v) is 3.90. The molecule has 0 aliphatic heterocycles. The molecule has 2 aromatic heterocycles. The Kier molecular flexibility index (Phi) is 2.25. The van der Waals surface area contributed by atoms with E-state index < -0.39 is 0 Å². The van der Waals surface area contributed by atoms with Gasteiger partial charge in [0.05, 0.1) is 0 Å². The van der Waals surface area contributed by atoms with Gasteiger partial charge >= 0.3 is 0 Å². The van der Waals surface area contributed by atoms with E-state index in [2.05, 4.69) is 10.1 Å². The van der Waals surface area contributed by atoms with Crippen LogP contribution in [-0.2, 0) is 6.42 Å². The van der Waals surface area contributed by atoms with Crippen molar-refractivity contribution in [2.75, 3.05) is 0 Å². The Morgan fingerprint density at radius 2 is 2.43 bits per heavy atom. The van der Waals surface area contributed by atoms with E-state index in [0.29, 0.717) is 5.13 Å². The van der Waals surface area contributed by atoms with E-state index in [4.69, 9.17) is 0 Å². The van der Waals surface area contributed by atoms with Crippen LogP contribution in [0.1, 0.15) is 18.2 Å². The molecule has 0 radical (unpaired) electrons. The number of hydrogen-bond acceptors (Lipinski definition) is 3. The number of H-pyrrole nitrogens is 1. The number of nitrogens with one attached hydrogen (secondary N) is 1. The number of aromatic amines is 1. The topological polar surface area (TPSA) is 50.7 Å². The SMILES string of the molecule is CCc1[nH]n(-c2nccs2)c(=O)c1C. The van der Waals surface area contributed by atoms with Gasteiger partial charge in [-0.2, -0.15) is 4.68 Å². The van der Waals surface area contributed by atoms with Gasteiger partial charge in [-0.1, -0.05) is 6.92 Å². The zero-order valence-electron chi connectivity index (χ0n) is 8.07. The fourth-order valence-corrected chi connectivity index (χ4v) is 1.97. The highest BCUT2D eigenvalue weighted by Gasteiger charge is 2.10. The lowest BCUT2D eigenvalue weighted by Gasteiger charge is -1.93. The second-order valence-electron chi connectivity index (χ2n) is 3.02. The summed E-state index contributed by atoms with van der Waals surface area (Å²) in [5.41, 5.74) is 1.75. The minimum atomic E-state index is -0.00296. The lowest BCUT2D eigenvalue weighted by molar-refractivity contribution is 0.812. The monoisotopic (exact) mass is 209 g/mol. The molecule has 1 N–H and O–H groups in total. The van der Waals surface area contributed by atoms with E-state index in [1.165, 1.54) is 16.0 Å². The summed E-state index contributed by atoms with van der Waals surface area (Å²) in [6.45, 7) is 3.85. The van der Waals surface area contributed by atoms with E-state index in [1.54, 1.807) is 6.20 Å². The van der Waals surface area contributed by atoms with Crippen molar-refractivity contribution in [1.82, 2.24) is 14.8 Å². The summed E-state index contributed by atoms with van der Waals surface area (Å²) in [7, 11) is 0. The molecule has 0 spiro atoms. The first-order valence-corrected chi connectivity index (χ1v) is 5.32. The summed E-state index contributed by atoms with van der Waals surface area (Å²) in [6, 6.07) is 0. The number of aryl methyl sites for hydroxylation is 1. The number of nitrogens with zero attached hydrogens (tertiary/aromatic N) is 2. The summed E-state index contributed by atoms with van der Waals surface area (Å²) >= 11 is 1.44. The Morgan fingerprint density at radius 1 is 1.64 bits per heavy atom. The molecule has 0 aliphatic rings. The Bertz CT molecular complexity index is 481. The van der Waals surface area contributed by atoms with Crippen molar-refractivity contribution in [3.8, 4) is 5.13 Å². The van der Waals surface area contributed by atoms with E-state index in [1.807, 2.05) is 19.2 Å². The first-order valence-electron chi connectivity index (χ1n) is 4.44. The smallest absolute Gasteiger partial charge is 0.276 e. The zero-order chi connectivity index (χ0) is 10.1. The van der Waals surface area contributed by atoms with Crippen LogP contribution in [-0.4, -0.2) is 14.8 Å². The molecule has 4 nitrogen and oxygen atoms in total. The molecule has 0 fully saturated rings. The predicted molar refractivity (Wildman–Crippen MR) is 56.2 cm³/mol. The molecule has 0 unspecified atom stereocenters. The summed E-state index contributed by atoms with van der Waals surface area (Å²) in [5, 5.41) is 5.60. The highest BCUT2D eigenvalue weighted by Crippen LogP contribution is 2.09. The first kappa shape index (κ1) is 9.21. The standard InChI is InChI=1S/C9H11N3OS/c1-3-7-6(2)8(13)12(11-7)9-10-4-5-14-9/h4-5,11H,3H2,1-2H3. The Balaban J connectivity index is 2.61. The van der Waals surface area contributed by atoms with Crippen LogP contribution in [0, 0.1) is 6.92 Å². The van der Waals surface area contributed by atoms with Crippen molar-refractivity contribution >= 4 is 11.3 Å². The lowest BCUT2D eigenvalue weighted by Crippen LogP contribution is -2.15. The second kappa shape index (κ2) is 3.42. The summed E-state index contributed by atoms with van der Waals surface area (Å²) in [6.07, 6.45) is 2.52. The average Bonchev–Trinajstić information content (AvgIpc) is 2.78. The molecule has 14 heavy (non-hydrogen) atoms. The van der Waals surface area contributed by atoms with Crippen LogP contribution in [0.25, 0.3) is 5.13 Å². The largest absolute Gasteiger partial charge is 0.293 e. The van der Waals surface area contributed by atoms with Gasteiger partial charge in [0, 0.05) is 22.8 Å². The van der Waals surface area contributed by atoms with Gasteiger partial charge in [-0.15, -0.1) is 11.3 Å². The Morgan fingerprint density at radius 3 is 2.93 bits per heavy atom. The third-order valence-corrected chi connectivity index (χ3v) is 2.94. The van der Waals surface area contributed by atoms with Crippen LogP contribution in [0.15, 0.2) is 16.4 Å². The van der Waals surface area contributed by atoms with E-state index in [-0.39, 0.29) is 5.56 Å². The molecule has 0 aromatic carbocycles. The van der Waals surface area contributed by atoms with Crippen LogP contribution < -0.4 is 5.56 Å². The van der Waals surface area contributed by atoms with Crippen molar-refractivity contribution in [3.05, 3.63) is 33.2 Å². The average molecular weight is 209 g/mol. The molecule has 0 saturated heterocycles. The fourth-order valence-electron chi connectivity index (χ4n) is 1.37. The van der Waals surface area contributed by atoms with Crippen LogP contribution in [0.4, 0.5) is 0 Å². The number of aromatic nitrogens is 3. The van der Waals surface area contributed by atoms with Crippen molar-refractivity contribution in [3.63, 3.8) is 0 Å². The van der Waals surface area contributed by atoms with Crippen molar-refractivity contribution in [1.29, 1.82) is 0 Å². The van der Waals surface area contributed by atoms with Gasteiger partial charge < -0.3 is 0 Å². The number of hydrogen-bond donors (Lipinski definition) is 1. The number of thiazole rings is 1. The molecular weight excluding hydrogens is 198 g/mol. The molecule has 2 heterocycles. The molecule has 0 bridgehead atoms. The maximum atomic E-state index is 11.7. The maximum absolute atomic E-state index is 11.7. The van der Waals surface area contributed by atoms with Crippen LogP contribution in [0.2, 0.25) is 0 Å². The van der Waals surface area contributed by atoms with Crippen LogP contribution in [0.5, 0.6) is 0 Å². The van der Waals surface area contributed by atoms with Gasteiger partial charge in [0.25, 0.3) is 5.56 Å². The summed E-state index contributed by atoms with van der Waals surface area (Å²) in [4.78, 5) is 15.8. The van der Waals surface area contributed by atoms with Crippen molar-refractivity contribution < 1.29 is 0 Å². The van der Waals surface area contributed by atoms with Crippen molar-refractivity contribution in [2.24, 2.45) is 0 Å². The van der Waals surface area contributed by atoms with Crippen molar-refractivity contribution in [2.45, 2.75) is 20.3 Å². The highest BCUT2D eigenvalue weighted by atomic mass is 32.1. The van der Waals surface area contributed by atoms with E-state index in [9.17, 15) is 4.79 Å². The summed E-state index contributed by atoms with van der Waals surface area (Å²) < 4.78 is 1.50. The molecule has 0 saturated carbocycles. The summed E-state index contributed by atoms with van der Waals surface area (Å²) in [5.74, 6) is 0. The molecule has 2 rings (SSSR count). The lowest BCUT2D eigenvalue weighted by atomic mass is 10.2. The Hall–Kier alpha value is -1.36. The fraction of sp³-hybridized carbons (Fsp3) is 0.333. The predicted octanol–water partition coefficient (Wildman–Crippen LogP) is 1.49. The van der Waals surface area contributed by atoms with E-state index >= 15 is 0 Å². The highest BCUT2D eigenvalue weighted by molar-refractivity contribution is 7.12. The minimum Gasteiger partial charge on any atom is -0.293 e. The molecule has 2 aromatic rings. The molecule has 0 amide bonds. The normalized spacial score (nSPS) is 10.7. The zero-order valence-corrected chi connectivity index (χ0v) is 8.89. The van der Waals surface area contributed by atoms with Gasteiger partial charge in [-0.05, 0) is 13.3 Å². The minimum absolute atomic E-state index is 0.00296. The quantitative estimate of drug-likeness (QED) is 0.814. The van der Waals surface area contributed by atoms with E-state index in [0.717, 1.165) is 17.7 Å². The van der Waals surface area contributed by atoms with Gasteiger partial charge in [-0.3, -0.25) is 9.89 Å². The van der Waals surface area contributed by atoms with Gasteiger partial charge in [0.15, 0.2) is 0 Å². The van der Waals surface area contributed by atoms with Crippen LogP contribution >= 0.6 is 11.3 Å². The maximum Gasteiger partial charge on any atom is 0.276 e.